The maximum absolute atomic E-state index is 12.2. The average Bonchev–Trinajstić information content (AvgIpc) is 3.02. The summed E-state index contributed by atoms with van der Waals surface area (Å²) >= 11 is 6.12. The van der Waals surface area contributed by atoms with Gasteiger partial charge < -0.3 is 18.8 Å². The van der Waals surface area contributed by atoms with E-state index in [1.807, 2.05) is 4.57 Å². The predicted octanol–water partition coefficient (Wildman–Crippen LogP) is 3.54. The molecule has 1 aliphatic rings. The second-order valence-corrected chi connectivity index (χ2v) is 6.45. The fourth-order valence-corrected chi connectivity index (χ4v) is 3.23. The molecule has 0 amide bonds. The van der Waals surface area contributed by atoms with Crippen molar-refractivity contribution in [2.45, 2.75) is 24.9 Å². The van der Waals surface area contributed by atoms with Gasteiger partial charge in [0, 0.05) is 12.8 Å². The molecule has 140 valence electrons. The van der Waals surface area contributed by atoms with Gasteiger partial charge in [-0.25, -0.2) is 9.78 Å². The Hall–Kier alpha value is -2.64. The number of methoxy groups -OCH3 is 1. The van der Waals surface area contributed by atoms with Gasteiger partial charge in [0.1, 0.15) is 17.1 Å². The van der Waals surface area contributed by atoms with E-state index in [1.165, 1.54) is 7.11 Å². The van der Waals surface area contributed by atoms with E-state index in [0.29, 0.717) is 34.9 Å². The summed E-state index contributed by atoms with van der Waals surface area (Å²) in [4.78, 5) is 20.9. The zero-order valence-corrected chi connectivity index (χ0v) is 15.5. The molecule has 0 spiro atoms. The van der Waals surface area contributed by atoms with Crippen molar-refractivity contribution in [3.63, 3.8) is 0 Å². The highest BCUT2D eigenvalue weighted by Crippen LogP contribution is 2.33. The lowest BCUT2D eigenvalue weighted by Gasteiger charge is -2.27. The second kappa shape index (κ2) is 7.54. The molecule has 1 atom stereocenters. The summed E-state index contributed by atoms with van der Waals surface area (Å²) in [7, 11) is 1.35. The fourth-order valence-electron chi connectivity index (χ4n) is 3.03. The van der Waals surface area contributed by atoms with Crippen molar-refractivity contribution in [2.75, 3.05) is 13.7 Å². The number of hydrogen-bond donors (Lipinski definition) is 0. The van der Waals surface area contributed by atoms with Crippen LogP contribution in [0.1, 0.15) is 22.6 Å². The van der Waals surface area contributed by atoms with Gasteiger partial charge in [0.15, 0.2) is 5.75 Å². The number of halogens is 1. The van der Waals surface area contributed by atoms with Crippen molar-refractivity contribution >= 4 is 28.6 Å². The Morgan fingerprint density at radius 2 is 2.30 bits per heavy atom. The van der Waals surface area contributed by atoms with Gasteiger partial charge in [-0.2, -0.15) is 0 Å². The van der Waals surface area contributed by atoms with E-state index in [9.17, 15) is 4.79 Å². The number of carbonyl (C=O) groups excluding carboxylic acids is 1. The molecule has 0 N–H and O–H groups in total. The number of imidazole rings is 1. The first-order chi connectivity index (χ1) is 13.2. The molecule has 0 bridgehead atoms. The Balaban J connectivity index is 1.85. The molecule has 1 saturated heterocycles. The van der Waals surface area contributed by atoms with E-state index < -0.39 is 5.97 Å². The first kappa shape index (κ1) is 17.8. The highest BCUT2D eigenvalue weighted by atomic mass is 35.5. The number of nitrogens with zero attached hydrogens (tertiary/aromatic N) is 3. The predicted molar refractivity (Wildman–Crippen MR) is 99.3 cm³/mol. The number of hydrogen-bond acceptors (Lipinski definition) is 6. The van der Waals surface area contributed by atoms with Crippen LogP contribution in [0.4, 0.5) is 0 Å². The molecule has 1 aromatic carbocycles. The maximum Gasteiger partial charge on any atom is 0.338 e. The molecule has 1 aliphatic heterocycles. The van der Waals surface area contributed by atoms with Crippen molar-refractivity contribution in [1.82, 2.24) is 14.5 Å². The first-order valence-electron chi connectivity index (χ1n) is 8.56. The summed E-state index contributed by atoms with van der Waals surface area (Å²) in [6.45, 7) is 1.38. The maximum atomic E-state index is 12.2. The van der Waals surface area contributed by atoms with Gasteiger partial charge in [-0.15, -0.1) is 11.6 Å². The van der Waals surface area contributed by atoms with E-state index in [1.54, 1.807) is 36.7 Å². The number of ether oxygens (including phenoxy) is 3. The van der Waals surface area contributed by atoms with E-state index in [-0.39, 0.29) is 12.0 Å². The molecule has 3 aromatic rings. The minimum Gasteiger partial charge on any atom is -0.465 e. The normalized spacial score (nSPS) is 16.1. The van der Waals surface area contributed by atoms with Crippen molar-refractivity contribution < 1.29 is 19.0 Å². The Morgan fingerprint density at radius 3 is 2.93 bits per heavy atom. The number of rotatable bonds is 6. The monoisotopic (exact) mass is 387 g/mol. The molecular weight excluding hydrogens is 370 g/mol. The van der Waals surface area contributed by atoms with Gasteiger partial charge in [-0.1, -0.05) is 0 Å². The summed E-state index contributed by atoms with van der Waals surface area (Å²) in [5.41, 5.74) is 1.75. The molecule has 0 aliphatic carbocycles. The van der Waals surface area contributed by atoms with E-state index >= 15 is 0 Å². The summed E-state index contributed by atoms with van der Waals surface area (Å²) in [6.07, 6.45) is 4.36. The highest BCUT2D eigenvalue weighted by Gasteiger charge is 2.24. The van der Waals surface area contributed by atoms with E-state index in [0.717, 1.165) is 18.5 Å². The first-order valence-corrected chi connectivity index (χ1v) is 9.10. The number of benzene rings is 1. The third-order valence-corrected chi connectivity index (χ3v) is 4.72. The fraction of sp³-hybridized carbons (Fsp3) is 0.316. The lowest BCUT2D eigenvalue weighted by molar-refractivity contribution is -0.0589. The summed E-state index contributed by atoms with van der Waals surface area (Å²) < 4.78 is 18.4. The minimum absolute atomic E-state index is 0.119. The van der Waals surface area contributed by atoms with Crippen LogP contribution in [0.25, 0.3) is 11.0 Å². The smallest absolute Gasteiger partial charge is 0.338 e. The molecule has 4 rings (SSSR count). The zero-order chi connectivity index (χ0) is 18.8. The quantitative estimate of drug-likeness (QED) is 0.475. The SMILES string of the molecule is COC(=O)c1cc(Oc2cccnc2)c2nc(CCl)n(C[C@@H]3CCO3)c2c1. The van der Waals surface area contributed by atoms with Gasteiger partial charge in [0.05, 0.1) is 42.9 Å². The lowest BCUT2D eigenvalue weighted by Crippen LogP contribution is -2.31. The van der Waals surface area contributed by atoms with Gasteiger partial charge in [0.2, 0.25) is 0 Å². The largest absolute Gasteiger partial charge is 0.465 e. The molecule has 0 unspecified atom stereocenters. The molecular formula is C19H18ClN3O4. The van der Waals surface area contributed by atoms with Crippen LogP contribution >= 0.6 is 11.6 Å². The molecule has 8 heteroatoms. The molecule has 1 fully saturated rings. The Bertz CT molecular complexity index is 970. The molecule has 7 nitrogen and oxygen atoms in total. The van der Waals surface area contributed by atoms with Crippen LogP contribution in [0, 0.1) is 0 Å². The zero-order valence-electron chi connectivity index (χ0n) is 14.7. The van der Waals surface area contributed by atoms with Crippen molar-refractivity contribution in [3.05, 3.63) is 48.0 Å². The third kappa shape index (κ3) is 3.48. The van der Waals surface area contributed by atoms with Crippen molar-refractivity contribution in [3.8, 4) is 11.5 Å². The summed E-state index contributed by atoms with van der Waals surface area (Å²) in [5.74, 6) is 1.47. The number of aromatic nitrogens is 3. The van der Waals surface area contributed by atoms with Crippen LogP contribution in [0.5, 0.6) is 11.5 Å². The van der Waals surface area contributed by atoms with Crippen molar-refractivity contribution in [1.29, 1.82) is 0 Å². The Morgan fingerprint density at radius 1 is 1.44 bits per heavy atom. The number of esters is 1. The molecule has 27 heavy (non-hydrogen) atoms. The van der Waals surface area contributed by atoms with Gasteiger partial charge in [-0.3, -0.25) is 4.98 Å². The van der Waals surface area contributed by atoms with Crippen LogP contribution < -0.4 is 4.74 Å². The third-order valence-electron chi connectivity index (χ3n) is 4.48. The van der Waals surface area contributed by atoms with E-state index in [2.05, 4.69) is 9.97 Å². The van der Waals surface area contributed by atoms with Crippen molar-refractivity contribution in [2.24, 2.45) is 0 Å². The summed E-state index contributed by atoms with van der Waals surface area (Å²) in [6, 6.07) is 6.92. The number of pyridine rings is 1. The molecule has 3 heterocycles. The average molecular weight is 388 g/mol. The van der Waals surface area contributed by atoms with E-state index in [4.69, 9.17) is 25.8 Å². The minimum atomic E-state index is -0.451. The summed E-state index contributed by atoms with van der Waals surface area (Å²) in [5, 5.41) is 0. The number of fused-ring (bicyclic) bond motifs is 1. The van der Waals surface area contributed by atoms with Crippen LogP contribution in [0.3, 0.4) is 0 Å². The second-order valence-electron chi connectivity index (χ2n) is 6.18. The van der Waals surface area contributed by atoms with Gasteiger partial charge >= 0.3 is 5.97 Å². The van der Waals surface area contributed by atoms with Crippen LogP contribution in [0.2, 0.25) is 0 Å². The number of alkyl halides is 1. The van der Waals surface area contributed by atoms with Crippen LogP contribution in [-0.4, -0.2) is 40.3 Å². The van der Waals surface area contributed by atoms with Crippen LogP contribution in [0.15, 0.2) is 36.7 Å². The topological polar surface area (TPSA) is 75.5 Å². The van der Waals surface area contributed by atoms with Gasteiger partial charge in [0.25, 0.3) is 0 Å². The molecule has 0 saturated carbocycles. The Labute approximate surface area is 160 Å². The lowest BCUT2D eigenvalue weighted by atomic mass is 10.1. The van der Waals surface area contributed by atoms with Crippen LogP contribution in [-0.2, 0) is 21.9 Å². The molecule has 0 radical (unpaired) electrons. The number of carbonyl (C=O) groups is 1. The standard InChI is InChI=1S/C19H18ClN3O4/c1-25-19(24)12-7-15-18(16(8-12)27-13-3-2-5-21-10-13)22-17(9-20)23(15)11-14-4-6-26-14/h2-3,5,7-8,10,14H,4,6,9,11H2,1H3/t14-/m0/s1. The molecule has 2 aromatic heterocycles. The highest BCUT2D eigenvalue weighted by molar-refractivity contribution is 6.17. The van der Waals surface area contributed by atoms with Gasteiger partial charge in [-0.05, 0) is 30.7 Å². The Kier molecular flexibility index (Phi) is 4.96.